The maximum absolute atomic E-state index is 11.9. The molecule has 0 bridgehead atoms. The molecule has 1 aromatic rings. The summed E-state index contributed by atoms with van der Waals surface area (Å²) < 4.78 is 0. The summed E-state index contributed by atoms with van der Waals surface area (Å²) in [6, 6.07) is 8.69. The summed E-state index contributed by atoms with van der Waals surface area (Å²) >= 11 is 0. The van der Waals surface area contributed by atoms with Gasteiger partial charge in [0.25, 0.3) is 0 Å². The number of carbonyl (C=O) groups is 3. The number of carbonyl (C=O) groups excluding carboxylic acids is 2. The van der Waals surface area contributed by atoms with Gasteiger partial charge in [-0.05, 0) is 44.2 Å². The highest BCUT2D eigenvalue weighted by Crippen LogP contribution is 2.06. The zero-order chi connectivity index (χ0) is 20.6. The van der Waals surface area contributed by atoms with Gasteiger partial charge in [0.15, 0.2) is 0 Å². The number of nitrogens with one attached hydrogen (secondary N) is 1. The maximum atomic E-state index is 11.9. The summed E-state index contributed by atoms with van der Waals surface area (Å²) in [4.78, 5) is 39.6. The molecule has 0 saturated heterocycles. The molecule has 1 atom stereocenters. The smallest absolute Gasteiger partial charge is 0.326 e. The van der Waals surface area contributed by atoms with Crippen molar-refractivity contribution in [2.75, 3.05) is 13.1 Å². The summed E-state index contributed by atoms with van der Waals surface area (Å²) in [6.45, 7) is 1.27. The number of benzene rings is 1. The van der Waals surface area contributed by atoms with Crippen molar-refractivity contribution in [2.45, 2.75) is 57.6 Å². The molecule has 0 saturated carbocycles. The van der Waals surface area contributed by atoms with Crippen LogP contribution in [-0.4, -0.2) is 47.6 Å². The fourth-order valence-corrected chi connectivity index (χ4v) is 2.63. The van der Waals surface area contributed by atoms with Crippen molar-refractivity contribution < 1.29 is 24.3 Å². The van der Waals surface area contributed by atoms with Gasteiger partial charge in [-0.2, -0.15) is 0 Å². The summed E-state index contributed by atoms with van der Waals surface area (Å²) in [5.74, 6) is -1.30. The SMILES string of the molecule is NCCCC[C@H](NC(=O)CCCCCN(C=O)OCc1ccccc1)C(=O)O. The standard InChI is InChI=1S/C20H31N3O5/c21-13-7-6-11-18(20(26)27)22-19(25)12-5-2-8-14-23(16-24)28-15-17-9-3-1-4-10-17/h1,3-4,9-10,16,18H,2,5-8,11-15,21H2,(H,22,25)(H,26,27)/t18-/m0/s1. The third kappa shape index (κ3) is 10.6. The Morgan fingerprint density at radius 1 is 1.14 bits per heavy atom. The van der Waals surface area contributed by atoms with E-state index in [1.807, 2.05) is 30.3 Å². The Hall–Kier alpha value is -2.45. The van der Waals surface area contributed by atoms with Crippen LogP contribution in [0.1, 0.15) is 50.5 Å². The molecule has 2 amide bonds. The van der Waals surface area contributed by atoms with Crippen molar-refractivity contribution in [3.8, 4) is 0 Å². The quantitative estimate of drug-likeness (QED) is 0.224. The Kier molecular flexibility index (Phi) is 12.3. The van der Waals surface area contributed by atoms with Gasteiger partial charge >= 0.3 is 5.97 Å². The van der Waals surface area contributed by atoms with E-state index in [1.165, 1.54) is 5.06 Å². The molecule has 28 heavy (non-hydrogen) atoms. The number of amides is 2. The minimum absolute atomic E-state index is 0.257. The Bertz CT molecular complexity index is 582. The molecule has 8 heteroatoms. The third-order valence-corrected chi connectivity index (χ3v) is 4.22. The number of aliphatic carboxylic acids is 1. The van der Waals surface area contributed by atoms with Gasteiger partial charge in [-0.1, -0.05) is 36.8 Å². The predicted molar refractivity (Wildman–Crippen MR) is 105 cm³/mol. The topological polar surface area (TPSA) is 122 Å². The van der Waals surface area contributed by atoms with Gasteiger partial charge in [0.1, 0.15) is 12.6 Å². The van der Waals surface area contributed by atoms with E-state index in [0.717, 1.165) is 18.4 Å². The van der Waals surface area contributed by atoms with Crippen molar-refractivity contribution in [1.82, 2.24) is 10.4 Å². The molecule has 0 radical (unpaired) electrons. The zero-order valence-electron chi connectivity index (χ0n) is 16.2. The second kappa shape index (κ2) is 14.6. The van der Waals surface area contributed by atoms with Crippen molar-refractivity contribution in [1.29, 1.82) is 0 Å². The first-order valence-corrected chi connectivity index (χ1v) is 9.67. The van der Waals surface area contributed by atoms with Crippen molar-refractivity contribution in [2.24, 2.45) is 5.73 Å². The van der Waals surface area contributed by atoms with Crippen LogP contribution in [-0.2, 0) is 25.8 Å². The predicted octanol–water partition coefficient (Wildman–Crippen LogP) is 1.84. The number of hydroxylamine groups is 2. The Morgan fingerprint density at radius 3 is 2.54 bits per heavy atom. The molecule has 0 unspecified atom stereocenters. The Labute approximate surface area is 166 Å². The van der Waals surface area contributed by atoms with Gasteiger partial charge < -0.3 is 16.2 Å². The van der Waals surface area contributed by atoms with Gasteiger partial charge in [0.2, 0.25) is 12.3 Å². The minimum Gasteiger partial charge on any atom is -0.480 e. The number of rotatable bonds is 16. The van der Waals surface area contributed by atoms with Gasteiger partial charge in [-0.15, -0.1) is 0 Å². The minimum atomic E-state index is -1.03. The Balaban J connectivity index is 2.17. The Morgan fingerprint density at radius 2 is 1.89 bits per heavy atom. The maximum Gasteiger partial charge on any atom is 0.326 e. The van der Waals surface area contributed by atoms with Crippen LogP contribution >= 0.6 is 0 Å². The number of nitrogens with two attached hydrogens (primary N) is 1. The lowest BCUT2D eigenvalue weighted by Gasteiger charge is -2.17. The number of carboxylic acid groups (broad SMARTS) is 1. The van der Waals surface area contributed by atoms with Crippen molar-refractivity contribution >= 4 is 18.3 Å². The molecule has 1 rings (SSSR count). The summed E-state index contributed by atoms with van der Waals surface area (Å²) in [5.41, 5.74) is 6.37. The van der Waals surface area contributed by atoms with E-state index < -0.39 is 12.0 Å². The van der Waals surface area contributed by atoms with Crippen LogP contribution in [0.25, 0.3) is 0 Å². The van der Waals surface area contributed by atoms with E-state index in [9.17, 15) is 14.4 Å². The lowest BCUT2D eigenvalue weighted by molar-refractivity contribution is -0.177. The fourth-order valence-electron chi connectivity index (χ4n) is 2.63. The monoisotopic (exact) mass is 393 g/mol. The van der Waals surface area contributed by atoms with Gasteiger partial charge in [0, 0.05) is 13.0 Å². The molecule has 156 valence electrons. The average molecular weight is 393 g/mol. The highest BCUT2D eigenvalue weighted by Gasteiger charge is 2.18. The fraction of sp³-hybridized carbons (Fsp3) is 0.550. The van der Waals surface area contributed by atoms with Crippen molar-refractivity contribution in [3.63, 3.8) is 0 Å². The second-order valence-corrected chi connectivity index (χ2v) is 6.56. The first-order valence-electron chi connectivity index (χ1n) is 9.67. The lowest BCUT2D eigenvalue weighted by atomic mass is 10.1. The van der Waals surface area contributed by atoms with E-state index in [-0.39, 0.29) is 12.3 Å². The molecule has 8 nitrogen and oxygen atoms in total. The van der Waals surface area contributed by atoms with E-state index in [0.29, 0.717) is 51.8 Å². The molecule has 0 aliphatic rings. The third-order valence-electron chi connectivity index (χ3n) is 4.22. The van der Waals surface area contributed by atoms with E-state index in [1.54, 1.807) is 0 Å². The van der Waals surface area contributed by atoms with Crippen LogP contribution in [0.5, 0.6) is 0 Å². The number of hydrogen-bond acceptors (Lipinski definition) is 5. The average Bonchev–Trinajstić information content (AvgIpc) is 2.70. The molecular formula is C20H31N3O5. The molecule has 0 aliphatic heterocycles. The summed E-state index contributed by atoms with van der Waals surface area (Å²) in [5, 5.41) is 13.0. The molecule has 0 spiro atoms. The van der Waals surface area contributed by atoms with Crippen molar-refractivity contribution in [3.05, 3.63) is 35.9 Å². The number of unbranched alkanes of at least 4 members (excludes halogenated alkanes) is 3. The van der Waals surface area contributed by atoms with Crippen LogP contribution in [0.3, 0.4) is 0 Å². The van der Waals surface area contributed by atoms with E-state index >= 15 is 0 Å². The summed E-state index contributed by atoms with van der Waals surface area (Å²) in [7, 11) is 0. The van der Waals surface area contributed by atoms with Gasteiger partial charge in [0.05, 0.1) is 0 Å². The summed E-state index contributed by atoms with van der Waals surface area (Å²) in [6.07, 6.45) is 4.73. The molecule has 0 aromatic heterocycles. The molecule has 0 aliphatic carbocycles. The van der Waals surface area contributed by atoms with Gasteiger partial charge in [-0.3, -0.25) is 14.4 Å². The number of nitrogens with zero attached hydrogens (tertiary/aromatic N) is 1. The zero-order valence-corrected chi connectivity index (χ0v) is 16.2. The molecule has 1 aromatic carbocycles. The molecule has 0 fully saturated rings. The highest BCUT2D eigenvalue weighted by molar-refractivity contribution is 5.83. The normalized spacial score (nSPS) is 11.6. The van der Waals surface area contributed by atoms with Crippen LogP contribution in [0.2, 0.25) is 0 Å². The molecular weight excluding hydrogens is 362 g/mol. The largest absolute Gasteiger partial charge is 0.480 e. The number of hydrogen-bond donors (Lipinski definition) is 3. The first kappa shape index (κ1) is 23.6. The van der Waals surface area contributed by atoms with Crippen LogP contribution in [0, 0.1) is 0 Å². The molecule has 4 N–H and O–H groups in total. The van der Waals surface area contributed by atoms with Crippen LogP contribution in [0.15, 0.2) is 30.3 Å². The molecule has 0 heterocycles. The highest BCUT2D eigenvalue weighted by atomic mass is 16.7. The number of carboxylic acids is 1. The lowest BCUT2D eigenvalue weighted by Crippen LogP contribution is -2.40. The van der Waals surface area contributed by atoms with E-state index in [4.69, 9.17) is 15.7 Å². The van der Waals surface area contributed by atoms with Crippen LogP contribution < -0.4 is 11.1 Å². The van der Waals surface area contributed by atoms with Crippen LogP contribution in [0.4, 0.5) is 0 Å². The van der Waals surface area contributed by atoms with E-state index in [2.05, 4.69) is 5.32 Å². The second-order valence-electron chi connectivity index (χ2n) is 6.56. The van der Waals surface area contributed by atoms with Gasteiger partial charge in [-0.25, -0.2) is 9.86 Å². The first-order chi connectivity index (χ1) is 13.6.